The maximum atomic E-state index is 12.5. The number of aliphatic hydroxyl groups is 1. The summed E-state index contributed by atoms with van der Waals surface area (Å²) in [5.41, 5.74) is 0.0103. The molecule has 7 atom stereocenters. The number of hydrogen-bond acceptors (Lipinski definition) is 3. The number of ketones is 2. The topological polar surface area (TPSA) is 54.4 Å². The van der Waals surface area contributed by atoms with Crippen molar-refractivity contribution in [1.82, 2.24) is 0 Å². The Bertz CT molecular complexity index is 541. The monoisotopic (exact) mass is 318 g/mol. The first-order valence-corrected chi connectivity index (χ1v) is 9.65. The van der Waals surface area contributed by atoms with Crippen LogP contribution < -0.4 is 0 Å². The number of aliphatic hydroxyl groups excluding tert-OH is 1. The lowest BCUT2D eigenvalue weighted by atomic mass is 9.43. The van der Waals surface area contributed by atoms with Gasteiger partial charge in [0.2, 0.25) is 0 Å². The third kappa shape index (κ3) is 1.98. The van der Waals surface area contributed by atoms with Gasteiger partial charge in [-0.2, -0.15) is 0 Å². The third-order valence-corrected chi connectivity index (χ3v) is 8.58. The van der Waals surface area contributed by atoms with Gasteiger partial charge in [-0.15, -0.1) is 0 Å². The summed E-state index contributed by atoms with van der Waals surface area (Å²) in [6.45, 7) is 4.44. The highest BCUT2D eigenvalue weighted by Gasteiger charge is 2.62. The fourth-order valence-electron chi connectivity index (χ4n) is 7.33. The summed E-state index contributed by atoms with van der Waals surface area (Å²) in [7, 11) is 0. The molecule has 4 saturated carbocycles. The van der Waals surface area contributed by atoms with Crippen molar-refractivity contribution < 1.29 is 14.7 Å². The summed E-state index contributed by atoms with van der Waals surface area (Å²) >= 11 is 0. The summed E-state index contributed by atoms with van der Waals surface area (Å²) in [6, 6.07) is 0. The van der Waals surface area contributed by atoms with Crippen LogP contribution in [0.1, 0.15) is 71.6 Å². The van der Waals surface area contributed by atoms with E-state index in [-0.39, 0.29) is 22.9 Å². The molecular formula is C20H30O3. The Hall–Kier alpha value is -0.700. The molecule has 3 nitrogen and oxygen atoms in total. The number of carbonyl (C=O) groups is 2. The van der Waals surface area contributed by atoms with Crippen molar-refractivity contribution in [2.24, 2.45) is 34.5 Å². The van der Waals surface area contributed by atoms with Gasteiger partial charge in [-0.3, -0.25) is 9.59 Å². The quantitative estimate of drug-likeness (QED) is 0.804. The highest BCUT2D eigenvalue weighted by Crippen LogP contribution is 2.66. The number of fused-ring (bicyclic) bond motifs is 5. The highest BCUT2D eigenvalue weighted by molar-refractivity contribution is 5.87. The van der Waals surface area contributed by atoms with Crippen molar-refractivity contribution in [2.45, 2.75) is 77.7 Å². The zero-order valence-electron chi connectivity index (χ0n) is 14.5. The fourth-order valence-corrected chi connectivity index (χ4v) is 7.33. The molecule has 0 heterocycles. The van der Waals surface area contributed by atoms with E-state index in [1.807, 2.05) is 0 Å². The van der Waals surface area contributed by atoms with Crippen molar-refractivity contribution in [1.29, 1.82) is 0 Å². The van der Waals surface area contributed by atoms with Gasteiger partial charge in [0.25, 0.3) is 0 Å². The fraction of sp³-hybridized carbons (Fsp3) is 0.900. The molecule has 1 N–H and O–H groups in total. The van der Waals surface area contributed by atoms with E-state index < -0.39 is 0 Å². The van der Waals surface area contributed by atoms with E-state index in [2.05, 4.69) is 13.8 Å². The van der Waals surface area contributed by atoms with Crippen LogP contribution in [0.3, 0.4) is 0 Å². The first-order valence-electron chi connectivity index (χ1n) is 9.65. The van der Waals surface area contributed by atoms with Gasteiger partial charge in [0.05, 0.1) is 6.10 Å². The Morgan fingerprint density at radius 3 is 2.61 bits per heavy atom. The maximum Gasteiger partial charge on any atom is 0.139 e. The van der Waals surface area contributed by atoms with Gasteiger partial charge in [0.1, 0.15) is 11.6 Å². The molecule has 0 aromatic rings. The van der Waals surface area contributed by atoms with Gasteiger partial charge >= 0.3 is 0 Å². The Morgan fingerprint density at radius 2 is 1.87 bits per heavy atom. The lowest BCUT2D eigenvalue weighted by Crippen LogP contribution is -2.58. The molecule has 0 radical (unpaired) electrons. The minimum absolute atomic E-state index is 0.132. The normalized spacial score (nSPS) is 52.7. The van der Waals surface area contributed by atoms with Crippen molar-refractivity contribution in [2.75, 3.05) is 0 Å². The van der Waals surface area contributed by atoms with Crippen LogP contribution in [0.4, 0.5) is 0 Å². The number of Topliss-reactive ketones (excluding diaryl/α,β-unsaturated/α-hetero) is 2. The van der Waals surface area contributed by atoms with Gasteiger partial charge in [0.15, 0.2) is 0 Å². The highest BCUT2D eigenvalue weighted by atomic mass is 16.3. The Kier molecular flexibility index (Phi) is 3.54. The van der Waals surface area contributed by atoms with Crippen molar-refractivity contribution >= 4 is 11.6 Å². The van der Waals surface area contributed by atoms with Gasteiger partial charge in [-0.05, 0) is 67.6 Å². The Labute approximate surface area is 139 Å². The summed E-state index contributed by atoms with van der Waals surface area (Å²) in [4.78, 5) is 24.5. The third-order valence-electron chi connectivity index (χ3n) is 8.58. The molecule has 3 unspecified atom stereocenters. The second kappa shape index (κ2) is 5.15. The minimum Gasteiger partial charge on any atom is -0.393 e. The van der Waals surface area contributed by atoms with Crippen molar-refractivity contribution in [3.05, 3.63) is 0 Å². The molecule has 0 saturated heterocycles. The van der Waals surface area contributed by atoms with E-state index in [9.17, 15) is 14.7 Å². The molecular weight excluding hydrogens is 288 g/mol. The number of rotatable bonds is 1. The molecule has 0 aliphatic heterocycles. The zero-order valence-corrected chi connectivity index (χ0v) is 14.5. The van der Waals surface area contributed by atoms with Crippen LogP contribution in [0.5, 0.6) is 0 Å². The number of carbonyl (C=O) groups excluding carboxylic acids is 2. The average Bonchev–Trinajstić information content (AvgIpc) is 2.84. The Balaban J connectivity index is 1.72. The van der Waals surface area contributed by atoms with Crippen LogP contribution in [-0.4, -0.2) is 22.8 Å². The first kappa shape index (κ1) is 15.8. The van der Waals surface area contributed by atoms with Crippen LogP contribution in [0.15, 0.2) is 0 Å². The lowest BCUT2D eigenvalue weighted by Gasteiger charge is -2.61. The largest absolute Gasteiger partial charge is 0.393 e. The van der Waals surface area contributed by atoms with Crippen LogP contribution in [0.2, 0.25) is 0 Å². The molecule has 23 heavy (non-hydrogen) atoms. The molecule has 0 bridgehead atoms. The predicted octanol–water partition coefficient (Wildman–Crippen LogP) is 3.53. The van der Waals surface area contributed by atoms with Gasteiger partial charge in [-0.1, -0.05) is 13.8 Å². The smallest absolute Gasteiger partial charge is 0.139 e. The molecule has 4 aliphatic rings. The molecule has 0 aromatic carbocycles. The van der Waals surface area contributed by atoms with E-state index in [1.165, 1.54) is 0 Å². The predicted molar refractivity (Wildman–Crippen MR) is 87.7 cm³/mol. The second-order valence-corrected chi connectivity index (χ2v) is 9.03. The van der Waals surface area contributed by atoms with Crippen LogP contribution in [0, 0.1) is 34.5 Å². The summed E-state index contributed by atoms with van der Waals surface area (Å²) in [5, 5.41) is 10.9. The summed E-state index contributed by atoms with van der Waals surface area (Å²) in [6.07, 6.45) is 7.68. The molecule has 4 fully saturated rings. The zero-order chi connectivity index (χ0) is 16.4. The second-order valence-electron chi connectivity index (χ2n) is 9.03. The summed E-state index contributed by atoms with van der Waals surface area (Å²) < 4.78 is 0. The van der Waals surface area contributed by atoms with Crippen LogP contribution >= 0.6 is 0 Å². The van der Waals surface area contributed by atoms with Gasteiger partial charge in [-0.25, -0.2) is 0 Å². The molecule has 0 aromatic heterocycles. The van der Waals surface area contributed by atoms with E-state index in [0.29, 0.717) is 42.2 Å². The molecule has 4 aliphatic carbocycles. The molecule has 0 spiro atoms. The molecule has 4 rings (SSSR count). The Morgan fingerprint density at radius 1 is 1.09 bits per heavy atom. The van der Waals surface area contributed by atoms with Crippen LogP contribution in [0.25, 0.3) is 0 Å². The molecule has 128 valence electrons. The van der Waals surface area contributed by atoms with Crippen molar-refractivity contribution in [3.8, 4) is 0 Å². The van der Waals surface area contributed by atoms with E-state index in [4.69, 9.17) is 0 Å². The van der Waals surface area contributed by atoms with Crippen LogP contribution in [-0.2, 0) is 9.59 Å². The molecule has 3 heteroatoms. The maximum absolute atomic E-state index is 12.5. The average molecular weight is 318 g/mol. The van der Waals surface area contributed by atoms with Gasteiger partial charge < -0.3 is 5.11 Å². The summed E-state index contributed by atoms with van der Waals surface area (Å²) in [5.74, 6) is 2.52. The van der Waals surface area contributed by atoms with E-state index in [1.54, 1.807) is 0 Å². The minimum atomic E-state index is -0.349. The molecule has 0 amide bonds. The lowest BCUT2D eigenvalue weighted by molar-refractivity contribution is -0.171. The standard InChI is InChI=1S/C20H30O3/c1-3-20-9-6-12(21)10-16(20)17(22)11-13-14-4-5-18(23)19(14,2)8-7-15(13)20/h13-17,22H,3-11H2,1-2H3/t13?,14?,15?,16-,17+,19+,20-/m1/s1. The first-order chi connectivity index (χ1) is 10.9. The van der Waals surface area contributed by atoms with Gasteiger partial charge in [0, 0.05) is 24.7 Å². The van der Waals surface area contributed by atoms with E-state index >= 15 is 0 Å². The van der Waals surface area contributed by atoms with E-state index in [0.717, 1.165) is 44.9 Å². The van der Waals surface area contributed by atoms with Crippen molar-refractivity contribution in [3.63, 3.8) is 0 Å². The SMILES string of the molecule is CC[C@]12CCC(=O)C[C@@H]1[C@@H](O)CC1C2CC[C@]2(C)C(=O)CCC12. The number of hydrogen-bond donors (Lipinski definition) is 1.